The summed E-state index contributed by atoms with van der Waals surface area (Å²) >= 11 is 0. The molecule has 3 aromatic carbocycles. The minimum absolute atomic E-state index is 0.0570. The van der Waals surface area contributed by atoms with Crippen LogP contribution in [0.3, 0.4) is 0 Å². The number of aryl methyl sites for hydroxylation is 1. The van der Waals surface area contributed by atoms with Crippen molar-refractivity contribution in [1.82, 2.24) is 0 Å². The molecule has 2 aliphatic rings. The van der Waals surface area contributed by atoms with Crippen molar-refractivity contribution in [2.24, 2.45) is 5.73 Å². The molecule has 0 spiro atoms. The predicted molar refractivity (Wildman–Crippen MR) is 127 cm³/mol. The van der Waals surface area contributed by atoms with Gasteiger partial charge < -0.3 is 10.5 Å². The van der Waals surface area contributed by atoms with Crippen molar-refractivity contribution in [3.63, 3.8) is 0 Å². The topological polar surface area (TPSA) is 96.4 Å². The van der Waals surface area contributed by atoms with E-state index < -0.39 is 21.8 Å². The molecule has 2 N–H and O–H groups in total. The van der Waals surface area contributed by atoms with Gasteiger partial charge in [-0.1, -0.05) is 54.1 Å². The Balaban J connectivity index is 1.76. The minimum atomic E-state index is -4.20. The normalized spacial score (nSPS) is 18.6. The fourth-order valence-corrected chi connectivity index (χ4v) is 6.27. The molecule has 8 heteroatoms. The van der Waals surface area contributed by atoms with Crippen LogP contribution >= 0.6 is 0 Å². The lowest BCUT2D eigenvalue weighted by molar-refractivity contribution is 0.357. The fourth-order valence-electron chi connectivity index (χ4n) is 4.36. The molecule has 0 aromatic heterocycles. The average Bonchev–Trinajstić information content (AvgIpc) is 2.82. The molecule has 0 radical (unpaired) electrons. The molecule has 2 aliphatic heterocycles. The zero-order valence-corrected chi connectivity index (χ0v) is 19.0. The molecule has 0 fully saturated rings. The monoisotopic (exact) mass is 473 g/mol. The van der Waals surface area contributed by atoms with Gasteiger partial charge in [-0.3, -0.25) is 4.31 Å². The summed E-state index contributed by atoms with van der Waals surface area (Å²) in [6, 6.07) is 22.0. The number of ether oxygens (including phenoxy) is 1. The Labute approximate surface area is 197 Å². The summed E-state index contributed by atoms with van der Waals surface area (Å²) in [7, 11) is -4.20. The van der Waals surface area contributed by atoms with E-state index in [0.717, 1.165) is 11.1 Å². The highest BCUT2D eigenvalue weighted by atomic mass is 32.2. The van der Waals surface area contributed by atoms with Gasteiger partial charge in [-0.25, -0.2) is 12.8 Å². The molecule has 1 unspecified atom stereocenters. The molecule has 6 nitrogen and oxygen atoms in total. The van der Waals surface area contributed by atoms with Crippen molar-refractivity contribution in [3.05, 3.63) is 117 Å². The molecule has 170 valence electrons. The number of anilines is 1. The van der Waals surface area contributed by atoms with Crippen LogP contribution in [-0.4, -0.2) is 8.42 Å². The summed E-state index contributed by atoms with van der Waals surface area (Å²) in [5, 5.41) is 9.85. The van der Waals surface area contributed by atoms with Gasteiger partial charge in [-0.2, -0.15) is 5.26 Å². The summed E-state index contributed by atoms with van der Waals surface area (Å²) in [5.74, 6) is -1.80. The lowest BCUT2D eigenvalue weighted by atomic mass is 9.88. The lowest BCUT2D eigenvalue weighted by Crippen LogP contribution is -2.39. The summed E-state index contributed by atoms with van der Waals surface area (Å²) < 4.78 is 49.5. The third kappa shape index (κ3) is 3.42. The molecule has 34 heavy (non-hydrogen) atoms. The SMILES string of the molecule is Cc1ccc(CN2c3ccccc3C3=C(C(c4cccc(F)c4)C(C#N)=C(N)O3)S2(=O)=O)cc1. The van der Waals surface area contributed by atoms with Crippen LogP contribution in [0.1, 0.15) is 28.2 Å². The molecule has 5 rings (SSSR count). The Morgan fingerprint density at radius 2 is 1.82 bits per heavy atom. The van der Waals surface area contributed by atoms with E-state index in [0.29, 0.717) is 16.8 Å². The van der Waals surface area contributed by atoms with E-state index in [2.05, 4.69) is 0 Å². The van der Waals surface area contributed by atoms with E-state index in [1.54, 1.807) is 30.3 Å². The Hall–Kier alpha value is -4.09. The van der Waals surface area contributed by atoms with Crippen LogP contribution in [0.5, 0.6) is 0 Å². The van der Waals surface area contributed by atoms with Gasteiger partial charge in [0, 0.05) is 5.56 Å². The molecule has 0 saturated carbocycles. The van der Waals surface area contributed by atoms with E-state index in [1.807, 2.05) is 37.3 Å². The van der Waals surface area contributed by atoms with E-state index >= 15 is 0 Å². The van der Waals surface area contributed by atoms with Crippen LogP contribution < -0.4 is 10.0 Å². The first-order chi connectivity index (χ1) is 16.3. The second-order valence-electron chi connectivity index (χ2n) is 8.19. The highest BCUT2D eigenvalue weighted by Gasteiger charge is 2.47. The Kier molecular flexibility index (Phi) is 5.14. The molecule has 0 amide bonds. The molecule has 1 atom stereocenters. The number of hydrogen-bond donors (Lipinski definition) is 1. The van der Waals surface area contributed by atoms with Gasteiger partial charge in [-0.05, 0) is 42.3 Å². The number of nitrogens with zero attached hydrogens (tertiary/aromatic N) is 2. The Bertz CT molecular complexity index is 1520. The molecule has 0 bridgehead atoms. The molecule has 0 saturated heterocycles. The van der Waals surface area contributed by atoms with Crippen LogP contribution in [-0.2, 0) is 21.3 Å². The third-order valence-corrected chi connectivity index (χ3v) is 7.87. The Morgan fingerprint density at radius 3 is 2.53 bits per heavy atom. The van der Waals surface area contributed by atoms with Gasteiger partial charge in [0.05, 0.1) is 18.2 Å². The van der Waals surface area contributed by atoms with Gasteiger partial charge in [0.1, 0.15) is 22.4 Å². The number of nitrogens with two attached hydrogens (primary N) is 1. The average molecular weight is 474 g/mol. The maximum atomic E-state index is 14.2. The van der Waals surface area contributed by atoms with E-state index in [-0.39, 0.29) is 28.7 Å². The summed E-state index contributed by atoms with van der Waals surface area (Å²) in [4.78, 5) is -0.130. The standard InChI is InChI=1S/C26H20FN3O3S/c1-16-9-11-17(12-10-16)15-30-22-8-3-2-7-20(22)24-25(34(30,31)32)23(21(14-28)26(29)33-24)18-5-4-6-19(27)13-18/h2-13,23H,15,29H2,1H3. The fraction of sp³-hybridized carbons (Fsp3) is 0.115. The number of hydrogen-bond acceptors (Lipinski definition) is 5. The highest BCUT2D eigenvalue weighted by molar-refractivity contribution is 7.96. The predicted octanol–water partition coefficient (Wildman–Crippen LogP) is 4.66. The van der Waals surface area contributed by atoms with Crippen molar-refractivity contribution in [2.45, 2.75) is 19.4 Å². The third-order valence-electron chi connectivity index (χ3n) is 5.99. The number of rotatable bonds is 3. The second-order valence-corrected chi connectivity index (χ2v) is 10.0. The van der Waals surface area contributed by atoms with Crippen LogP contribution in [0, 0.1) is 24.1 Å². The maximum absolute atomic E-state index is 14.2. The summed E-state index contributed by atoms with van der Waals surface area (Å²) in [6.07, 6.45) is 0. The van der Waals surface area contributed by atoms with Crippen molar-refractivity contribution >= 4 is 21.5 Å². The lowest BCUT2D eigenvalue weighted by Gasteiger charge is -2.38. The molecular formula is C26H20FN3O3S. The first kappa shape index (κ1) is 21.7. The molecular weight excluding hydrogens is 453 g/mol. The Morgan fingerprint density at radius 1 is 1.09 bits per heavy atom. The quantitative estimate of drug-likeness (QED) is 0.597. The first-order valence-electron chi connectivity index (χ1n) is 10.6. The van der Waals surface area contributed by atoms with Crippen LogP contribution in [0.25, 0.3) is 5.76 Å². The molecule has 2 heterocycles. The number of benzene rings is 3. The summed E-state index contributed by atoms with van der Waals surface area (Å²) in [6.45, 7) is 2.03. The van der Waals surface area contributed by atoms with E-state index in [1.165, 1.54) is 22.5 Å². The van der Waals surface area contributed by atoms with Crippen molar-refractivity contribution in [2.75, 3.05) is 4.31 Å². The van der Waals surface area contributed by atoms with Crippen LogP contribution in [0.15, 0.2) is 89.2 Å². The van der Waals surface area contributed by atoms with Crippen LogP contribution in [0.2, 0.25) is 0 Å². The maximum Gasteiger partial charge on any atom is 0.265 e. The minimum Gasteiger partial charge on any atom is -0.439 e. The number of fused-ring (bicyclic) bond motifs is 2. The number of halogens is 1. The van der Waals surface area contributed by atoms with Gasteiger partial charge in [0.15, 0.2) is 5.76 Å². The number of sulfonamides is 1. The molecule has 3 aromatic rings. The highest BCUT2D eigenvalue weighted by Crippen LogP contribution is 2.51. The number of para-hydroxylation sites is 1. The first-order valence-corrected chi connectivity index (χ1v) is 12.0. The van der Waals surface area contributed by atoms with E-state index in [4.69, 9.17) is 10.5 Å². The summed E-state index contributed by atoms with van der Waals surface area (Å²) in [5.41, 5.74) is 9.12. The van der Waals surface area contributed by atoms with Gasteiger partial charge in [0.2, 0.25) is 5.88 Å². The zero-order chi connectivity index (χ0) is 24.0. The van der Waals surface area contributed by atoms with Gasteiger partial charge in [0.25, 0.3) is 10.0 Å². The zero-order valence-electron chi connectivity index (χ0n) is 18.2. The largest absolute Gasteiger partial charge is 0.439 e. The van der Waals surface area contributed by atoms with Crippen LogP contribution in [0.4, 0.5) is 10.1 Å². The number of nitriles is 1. The molecule has 0 aliphatic carbocycles. The van der Waals surface area contributed by atoms with E-state index in [9.17, 15) is 18.1 Å². The van der Waals surface area contributed by atoms with Gasteiger partial charge in [-0.15, -0.1) is 0 Å². The van der Waals surface area contributed by atoms with Crippen molar-refractivity contribution in [3.8, 4) is 6.07 Å². The van der Waals surface area contributed by atoms with Crippen molar-refractivity contribution < 1.29 is 17.5 Å². The van der Waals surface area contributed by atoms with Crippen molar-refractivity contribution in [1.29, 1.82) is 5.26 Å². The second kappa shape index (κ2) is 8.04. The smallest absolute Gasteiger partial charge is 0.265 e. The number of allylic oxidation sites excluding steroid dienone is 2. The van der Waals surface area contributed by atoms with Gasteiger partial charge >= 0.3 is 0 Å².